The van der Waals surface area contributed by atoms with Crippen LogP contribution in [0.4, 0.5) is 0 Å². The number of aliphatic hydroxyl groups is 2. The Bertz CT molecular complexity index is 367. The van der Waals surface area contributed by atoms with Gasteiger partial charge in [-0.15, -0.1) is 0 Å². The molecule has 17 heavy (non-hydrogen) atoms. The maximum Gasteiger partial charge on any atom is 0.122 e. The van der Waals surface area contributed by atoms with Crippen molar-refractivity contribution in [2.75, 3.05) is 20.3 Å². The van der Waals surface area contributed by atoms with E-state index in [2.05, 4.69) is 10.3 Å². The Morgan fingerprint density at radius 1 is 1.47 bits per heavy atom. The minimum Gasteiger partial charge on any atom is -0.497 e. The van der Waals surface area contributed by atoms with E-state index in [1.807, 2.05) is 19.1 Å². The number of rotatable bonds is 6. The van der Waals surface area contributed by atoms with Crippen molar-refractivity contribution < 1.29 is 14.9 Å². The molecule has 0 saturated carbocycles. The molecule has 1 unspecified atom stereocenters. The molecule has 0 bridgehead atoms. The molecule has 1 rings (SSSR count). The first-order valence-electron chi connectivity index (χ1n) is 5.52. The highest BCUT2D eigenvalue weighted by Crippen LogP contribution is 2.13. The summed E-state index contributed by atoms with van der Waals surface area (Å²) < 4.78 is 5.15. The van der Waals surface area contributed by atoms with E-state index in [-0.39, 0.29) is 6.61 Å². The van der Waals surface area contributed by atoms with E-state index in [9.17, 15) is 5.11 Å². The summed E-state index contributed by atoms with van der Waals surface area (Å²) in [5.74, 6) is 0.767. The molecular weight excluding hydrogens is 220 g/mol. The van der Waals surface area contributed by atoms with Crippen LogP contribution in [-0.4, -0.2) is 41.1 Å². The quantitative estimate of drug-likeness (QED) is 0.664. The van der Waals surface area contributed by atoms with Crippen LogP contribution in [0, 0.1) is 6.92 Å². The molecule has 5 nitrogen and oxygen atoms in total. The van der Waals surface area contributed by atoms with E-state index in [0.717, 1.165) is 17.1 Å². The van der Waals surface area contributed by atoms with Gasteiger partial charge in [0.2, 0.25) is 0 Å². The maximum absolute atomic E-state index is 9.60. The van der Waals surface area contributed by atoms with Crippen LogP contribution < -0.4 is 10.1 Å². The van der Waals surface area contributed by atoms with E-state index in [1.54, 1.807) is 14.0 Å². The van der Waals surface area contributed by atoms with E-state index < -0.39 is 5.60 Å². The van der Waals surface area contributed by atoms with Crippen molar-refractivity contribution in [2.24, 2.45) is 0 Å². The highest BCUT2D eigenvalue weighted by Gasteiger charge is 2.17. The summed E-state index contributed by atoms with van der Waals surface area (Å²) in [6, 6.07) is 3.70. The molecular formula is C12H20N2O3. The second-order valence-corrected chi connectivity index (χ2v) is 4.40. The smallest absolute Gasteiger partial charge is 0.122 e. The predicted octanol–water partition coefficient (Wildman–Crippen LogP) is 0.232. The number of methoxy groups -OCH3 is 1. The minimum absolute atomic E-state index is 0.273. The van der Waals surface area contributed by atoms with Gasteiger partial charge in [-0.2, -0.15) is 0 Å². The lowest BCUT2D eigenvalue weighted by atomic mass is 10.1. The molecule has 3 N–H and O–H groups in total. The van der Waals surface area contributed by atoms with Gasteiger partial charge in [-0.3, -0.25) is 4.98 Å². The van der Waals surface area contributed by atoms with E-state index in [4.69, 9.17) is 9.84 Å². The Labute approximate surface area is 101 Å². The summed E-state index contributed by atoms with van der Waals surface area (Å²) >= 11 is 0. The third kappa shape index (κ3) is 4.68. The Morgan fingerprint density at radius 3 is 2.76 bits per heavy atom. The number of hydrogen-bond donors (Lipinski definition) is 3. The van der Waals surface area contributed by atoms with Gasteiger partial charge in [0.05, 0.1) is 25.0 Å². The van der Waals surface area contributed by atoms with Crippen molar-refractivity contribution in [1.82, 2.24) is 10.3 Å². The van der Waals surface area contributed by atoms with Crippen LogP contribution in [0.15, 0.2) is 12.1 Å². The third-order valence-corrected chi connectivity index (χ3v) is 2.37. The lowest BCUT2D eigenvalue weighted by molar-refractivity contribution is 0.00248. The molecule has 0 aromatic carbocycles. The second-order valence-electron chi connectivity index (χ2n) is 4.40. The maximum atomic E-state index is 9.60. The van der Waals surface area contributed by atoms with Gasteiger partial charge in [0.25, 0.3) is 0 Å². The average Bonchev–Trinajstić information content (AvgIpc) is 2.28. The van der Waals surface area contributed by atoms with E-state index >= 15 is 0 Å². The summed E-state index contributed by atoms with van der Waals surface area (Å²) in [5.41, 5.74) is 0.624. The molecule has 0 aliphatic rings. The topological polar surface area (TPSA) is 74.6 Å². The number of nitrogens with one attached hydrogen (secondary N) is 1. The first-order chi connectivity index (χ1) is 7.96. The monoisotopic (exact) mass is 240 g/mol. The highest BCUT2D eigenvalue weighted by molar-refractivity contribution is 5.26. The van der Waals surface area contributed by atoms with Crippen molar-refractivity contribution in [1.29, 1.82) is 0 Å². The molecule has 0 saturated heterocycles. The van der Waals surface area contributed by atoms with Gasteiger partial charge in [0, 0.05) is 30.9 Å². The van der Waals surface area contributed by atoms with Crippen LogP contribution in [0.1, 0.15) is 18.3 Å². The summed E-state index contributed by atoms with van der Waals surface area (Å²) in [6.45, 7) is 4.03. The highest BCUT2D eigenvalue weighted by atomic mass is 16.5. The van der Waals surface area contributed by atoms with Crippen LogP contribution in [-0.2, 0) is 6.54 Å². The number of ether oxygens (including phenoxy) is 1. The molecule has 96 valence electrons. The number of aryl methyl sites for hydroxylation is 1. The summed E-state index contributed by atoms with van der Waals surface area (Å²) in [5, 5.41) is 21.5. The van der Waals surface area contributed by atoms with Gasteiger partial charge in [0.15, 0.2) is 0 Å². The van der Waals surface area contributed by atoms with Crippen LogP contribution in [0.5, 0.6) is 5.75 Å². The zero-order chi connectivity index (χ0) is 12.9. The van der Waals surface area contributed by atoms with Gasteiger partial charge in [-0.25, -0.2) is 0 Å². The normalized spacial score (nSPS) is 14.4. The number of nitrogens with zero attached hydrogens (tertiary/aromatic N) is 1. The number of hydrogen-bond acceptors (Lipinski definition) is 5. The fraction of sp³-hybridized carbons (Fsp3) is 0.583. The Hall–Kier alpha value is -1.17. The zero-order valence-corrected chi connectivity index (χ0v) is 10.5. The third-order valence-electron chi connectivity index (χ3n) is 2.37. The summed E-state index contributed by atoms with van der Waals surface area (Å²) in [7, 11) is 1.61. The molecule has 0 amide bonds. The van der Waals surface area contributed by atoms with Gasteiger partial charge in [0.1, 0.15) is 5.75 Å². The van der Waals surface area contributed by atoms with Crippen LogP contribution >= 0.6 is 0 Å². The molecule has 1 aromatic heterocycles. The van der Waals surface area contributed by atoms with E-state index in [0.29, 0.717) is 13.1 Å². The Morgan fingerprint density at radius 2 is 2.18 bits per heavy atom. The average molecular weight is 240 g/mol. The van der Waals surface area contributed by atoms with Crippen molar-refractivity contribution in [3.63, 3.8) is 0 Å². The van der Waals surface area contributed by atoms with Gasteiger partial charge < -0.3 is 20.3 Å². The lowest BCUT2D eigenvalue weighted by Crippen LogP contribution is -2.40. The fourth-order valence-electron chi connectivity index (χ4n) is 1.43. The van der Waals surface area contributed by atoms with Crippen molar-refractivity contribution in [3.05, 3.63) is 23.5 Å². The number of aromatic nitrogens is 1. The zero-order valence-electron chi connectivity index (χ0n) is 10.5. The summed E-state index contributed by atoms with van der Waals surface area (Å²) in [6.07, 6.45) is 0. The molecule has 1 aromatic rings. The van der Waals surface area contributed by atoms with Crippen LogP contribution in [0.3, 0.4) is 0 Å². The van der Waals surface area contributed by atoms with Crippen molar-refractivity contribution in [3.8, 4) is 5.75 Å². The molecule has 1 atom stereocenters. The summed E-state index contributed by atoms with van der Waals surface area (Å²) in [4.78, 5) is 4.34. The second kappa shape index (κ2) is 5.95. The van der Waals surface area contributed by atoms with Crippen LogP contribution in [0.2, 0.25) is 0 Å². The van der Waals surface area contributed by atoms with Gasteiger partial charge in [-0.1, -0.05) is 0 Å². The first-order valence-corrected chi connectivity index (χ1v) is 5.52. The predicted molar refractivity (Wildman–Crippen MR) is 64.9 cm³/mol. The molecule has 0 aliphatic carbocycles. The molecule has 5 heteroatoms. The molecule has 0 aliphatic heterocycles. The largest absolute Gasteiger partial charge is 0.497 e. The van der Waals surface area contributed by atoms with Crippen molar-refractivity contribution >= 4 is 0 Å². The molecule has 0 spiro atoms. The van der Waals surface area contributed by atoms with Gasteiger partial charge >= 0.3 is 0 Å². The van der Waals surface area contributed by atoms with Gasteiger partial charge in [-0.05, 0) is 13.8 Å². The Balaban J connectivity index is 2.55. The lowest BCUT2D eigenvalue weighted by Gasteiger charge is -2.20. The van der Waals surface area contributed by atoms with E-state index in [1.165, 1.54) is 0 Å². The minimum atomic E-state index is -1.10. The molecule has 0 radical (unpaired) electrons. The standard InChI is InChI=1S/C12H20N2O3/c1-9-4-11(17-3)5-10(14-9)6-13-7-12(2,16)8-15/h4-5,13,15-16H,6-8H2,1-3H3. The number of pyridine rings is 1. The fourth-order valence-corrected chi connectivity index (χ4v) is 1.43. The van der Waals surface area contributed by atoms with Crippen LogP contribution in [0.25, 0.3) is 0 Å². The molecule has 1 heterocycles. The molecule has 0 fully saturated rings. The van der Waals surface area contributed by atoms with Crippen molar-refractivity contribution in [2.45, 2.75) is 26.0 Å². The first kappa shape index (κ1) is 13.9. The SMILES string of the molecule is COc1cc(C)nc(CNCC(C)(O)CO)c1. The Kier molecular flexibility index (Phi) is 4.86. The number of aliphatic hydroxyl groups excluding tert-OH is 1.